The van der Waals surface area contributed by atoms with E-state index in [1.165, 1.54) is 17.4 Å². The molecule has 4 aromatic rings. The van der Waals surface area contributed by atoms with E-state index in [-0.39, 0.29) is 5.57 Å². The lowest BCUT2D eigenvalue weighted by Gasteiger charge is -2.02. The van der Waals surface area contributed by atoms with Gasteiger partial charge in [-0.05, 0) is 35.9 Å². The smallest absolute Gasteiger partial charge is 0.268 e. The second kappa shape index (κ2) is 10.2. The molecule has 2 aromatic heterocycles. The lowest BCUT2D eigenvalue weighted by Crippen LogP contribution is -2.13. The van der Waals surface area contributed by atoms with Crippen molar-refractivity contribution in [1.29, 1.82) is 5.26 Å². The zero-order valence-corrected chi connectivity index (χ0v) is 19.9. The molecule has 0 fully saturated rings. The second-order valence-corrected chi connectivity index (χ2v) is 9.13. The molecule has 33 heavy (non-hydrogen) atoms. The molecule has 0 aliphatic carbocycles. The summed E-state index contributed by atoms with van der Waals surface area (Å²) in [7, 11) is 0. The van der Waals surface area contributed by atoms with Gasteiger partial charge in [-0.25, -0.2) is 4.98 Å². The Hall–Kier alpha value is -3.08. The number of furan rings is 1. The molecular formula is C24H14Cl3N3O2S. The summed E-state index contributed by atoms with van der Waals surface area (Å²) in [4.78, 5) is 17.8. The molecule has 0 aliphatic heterocycles. The Morgan fingerprint density at radius 2 is 1.88 bits per heavy atom. The predicted molar refractivity (Wildman–Crippen MR) is 133 cm³/mol. The molecule has 164 valence electrons. The van der Waals surface area contributed by atoms with E-state index in [1.807, 2.05) is 30.3 Å². The third-order valence-electron chi connectivity index (χ3n) is 4.59. The van der Waals surface area contributed by atoms with Crippen molar-refractivity contribution in [2.75, 3.05) is 5.32 Å². The molecule has 0 saturated heterocycles. The molecular weight excluding hydrogens is 501 g/mol. The quantitative estimate of drug-likeness (QED) is 0.213. The highest BCUT2D eigenvalue weighted by atomic mass is 35.5. The van der Waals surface area contributed by atoms with E-state index in [1.54, 1.807) is 36.5 Å². The maximum atomic E-state index is 12.6. The van der Waals surface area contributed by atoms with Crippen LogP contribution in [-0.2, 0) is 11.2 Å². The summed E-state index contributed by atoms with van der Waals surface area (Å²) in [5.41, 5.74) is 1.45. The third kappa shape index (κ3) is 5.47. The molecule has 4 rings (SSSR count). The number of benzene rings is 2. The average molecular weight is 515 g/mol. The number of anilines is 1. The molecule has 1 amide bonds. The fraction of sp³-hybridized carbons (Fsp3) is 0.0417. The number of nitrogens with zero attached hydrogens (tertiary/aromatic N) is 2. The first-order chi connectivity index (χ1) is 15.9. The Morgan fingerprint density at radius 1 is 1.09 bits per heavy atom. The van der Waals surface area contributed by atoms with Crippen LogP contribution in [0.25, 0.3) is 17.4 Å². The highest BCUT2D eigenvalue weighted by Crippen LogP contribution is 2.34. The summed E-state index contributed by atoms with van der Waals surface area (Å²) in [6.45, 7) is 0. The van der Waals surface area contributed by atoms with Gasteiger partial charge in [0.25, 0.3) is 5.91 Å². The SMILES string of the molecule is N#CC(=Cc1ccc(-c2cccc(Cl)c2Cl)o1)C(=O)Nc1ncc(Cc2ccccc2Cl)s1. The van der Waals surface area contributed by atoms with Crippen molar-refractivity contribution >= 4 is 63.3 Å². The van der Waals surface area contributed by atoms with Crippen LogP contribution in [0.15, 0.2) is 70.8 Å². The number of thiazole rings is 1. The summed E-state index contributed by atoms with van der Waals surface area (Å²) in [6, 6.07) is 18.0. The van der Waals surface area contributed by atoms with Gasteiger partial charge >= 0.3 is 0 Å². The maximum absolute atomic E-state index is 12.6. The Balaban J connectivity index is 1.48. The minimum atomic E-state index is -0.588. The van der Waals surface area contributed by atoms with Crippen molar-refractivity contribution in [1.82, 2.24) is 4.98 Å². The molecule has 0 spiro atoms. The van der Waals surface area contributed by atoms with Gasteiger partial charge < -0.3 is 4.42 Å². The highest BCUT2D eigenvalue weighted by molar-refractivity contribution is 7.15. The summed E-state index contributed by atoms with van der Waals surface area (Å²) in [5.74, 6) is 0.205. The van der Waals surface area contributed by atoms with Gasteiger partial charge in [-0.1, -0.05) is 59.1 Å². The molecule has 0 atom stereocenters. The monoisotopic (exact) mass is 513 g/mol. The molecule has 0 radical (unpaired) electrons. The number of rotatable bonds is 6. The fourth-order valence-electron chi connectivity index (χ4n) is 3.00. The van der Waals surface area contributed by atoms with Crippen molar-refractivity contribution in [3.8, 4) is 17.4 Å². The largest absolute Gasteiger partial charge is 0.457 e. The summed E-state index contributed by atoms with van der Waals surface area (Å²) >= 11 is 19.8. The summed E-state index contributed by atoms with van der Waals surface area (Å²) in [5, 5.41) is 13.9. The maximum Gasteiger partial charge on any atom is 0.268 e. The minimum absolute atomic E-state index is 0.129. The van der Waals surface area contributed by atoms with E-state index in [9.17, 15) is 10.1 Å². The first-order valence-corrected chi connectivity index (χ1v) is 11.5. The number of hydrogen-bond donors (Lipinski definition) is 1. The van der Waals surface area contributed by atoms with Crippen LogP contribution < -0.4 is 5.32 Å². The number of aromatic nitrogens is 1. The lowest BCUT2D eigenvalue weighted by atomic mass is 10.1. The van der Waals surface area contributed by atoms with Gasteiger partial charge in [-0.2, -0.15) is 5.26 Å². The highest BCUT2D eigenvalue weighted by Gasteiger charge is 2.15. The molecule has 2 aromatic carbocycles. The average Bonchev–Trinajstić information content (AvgIpc) is 3.45. The van der Waals surface area contributed by atoms with Crippen LogP contribution in [0.4, 0.5) is 5.13 Å². The number of carbonyl (C=O) groups is 1. The third-order valence-corrected chi connectivity index (χ3v) is 6.69. The van der Waals surface area contributed by atoms with E-state index >= 15 is 0 Å². The lowest BCUT2D eigenvalue weighted by molar-refractivity contribution is -0.112. The molecule has 0 saturated carbocycles. The molecule has 0 aliphatic rings. The van der Waals surface area contributed by atoms with Gasteiger partial charge in [-0.3, -0.25) is 10.1 Å². The van der Waals surface area contributed by atoms with Crippen LogP contribution in [0.5, 0.6) is 0 Å². The first kappa shape index (κ1) is 23.1. The number of hydrogen-bond acceptors (Lipinski definition) is 5. The minimum Gasteiger partial charge on any atom is -0.457 e. The van der Waals surface area contributed by atoms with E-state index in [0.29, 0.717) is 43.7 Å². The Kier molecular flexibility index (Phi) is 7.17. The van der Waals surface area contributed by atoms with Gasteiger partial charge in [0.05, 0.1) is 10.0 Å². The van der Waals surface area contributed by atoms with Crippen molar-refractivity contribution < 1.29 is 9.21 Å². The zero-order valence-electron chi connectivity index (χ0n) is 16.8. The van der Waals surface area contributed by atoms with Crippen LogP contribution in [0.1, 0.15) is 16.2 Å². The van der Waals surface area contributed by atoms with Crippen molar-refractivity contribution in [3.05, 3.63) is 97.6 Å². The van der Waals surface area contributed by atoms with E-state index in [4.69, 9.17) is 39.2 Å². The number of carbonyl (C=O) groups excluding carboxylic acids is 1. The molecule has 9 heteroatoms. The zero-order chi connectivity index (χ0) is 23.4. The van der Waals surface area contributed by atoms with Crippen molar-refractivity contribution in [2.24, 2.45) is 0 Å². The Morgan fingerprint density at radius 3 is 2.67 bits per heavy atom. The van der Waals surface area contributed by atoms with Crippen LogP contribution in [0.3, 0.4) is 0 Å². The second-order valence-electron chi connectivity index (χ2n) is 6.83. The standard InChI is InChI=1S/C24H14Cl3N3O2S/c25-19-6-2-1-4-14(19)11-17-13-29-24(33-17)30-23(31)15(12-28)10-16-8-9-21(32-16)18-5-3-7-20(26)22(18)27/h1-10,13H,11H2,(H,29,30,31). The molecule has 0 bridgehead atoms. The summed E-state index contributed by atoms with van der Waals surface area (Å²) in [6.07, 6.45) is 3.62. The molecule has 2 heterocycles. The van der Waals surface area contributed by atoms with Crippen LogP contribution in [0, 0.1) is 11.3 Å². The number of halogens is 3. The topological polar surface area (TPSA) is 78.9 Å². The molecule has 5 nitrogen and oxygen atoms in total. The number of nitrogens with one attached hydrogen (secondary N) is 1. The Bertz CT molecular complexity index is 1400. The van der Waals surface area contributed by atoms with E-state index in [2.05, 4.69) is 10.3 Å². The first-order valence-electron chi connectivity index (χ1n) is 9.60. The van der Waals surface area contributed by atoms with Gasteiger partial charge in [-0.15, -0.1) is 11.3 Å². The van der Waals surface area contributed by atoms with Crippen molar-refractivity contribution in [2.45, 2.75) is 6.42 Å². The van der Waals surface area contributed by atoms with Gasteiger partial charge in [0.2, 0.25) is 0 Å². The molecule has 1 N–H and O–H groups in total. The summed E-state index contributed by atoms with van der Waals surface area (Å²) < 4.78 is 5.74. The van der Waals surface area contributed by atoms with Crippen LogP contribution in [-0.4, -0.2) is 10.9 Å². The molecule has 0 unspecified atom stereocenters. The number of nitriles is 1. The predicted octanol–water partition coefficient (Wildman–Crippen LogP) is 7.50. The van der Waals surface area contributed by atoms with Gasteiger partial charge in [0.15, 0.2) is 5.13 Å². The number of amides is 1. The van der Waals surface area contributed by atoms with Crippen LogP contribution in [0.2, 0.25) is 15.1 Å². The van der Waals surface area contributed by atoms with E-state index < -0.39 is 5.91 Å². The van der Waals surface area contributed by atoms with Gasteiger partial charge in [0, 0.05) is 34.2 Å². The normalized spacial score (nSPS) is 11.3. The Labute approximate surface area is 208 Å². The van der Waals surface area contributed by atoms with Crippen LogP contribution >= 0.6 is 46.1 Å². The van der Waals surface area contributed by atoms with E-state index in [0.717, 1.165) is 10.4 Å². The fourth-order valence-corrected chi connectivity index (χ4v) is 4.43. The van der Waals surface area contributed by atoms with Crippen molar-refractivity contribution in [3.63, 3.8) is 0 Å². The van der Waals surface area contributed by atoms with Gasteiger partial charge in [0.1, 0.15) is 23.2 Å².